The second kappa shape index (κ2) is 4.35. The number of hydrogen-bond donors (Lipinski definition) is 1. The fraction of sp³-hybridized carbons (Fsp3) is 0.273. The predicted octanol–water partition coefficient (Wildman–Crippen LogP) is 1.02. The van der Waals surface area contributed by atoms with E-state index in [1.807, 2.05) is 18.2 Å². The zero-order valence-corrected chi connectivity index (χ0v) is 7.82. The standard InChI is InChI=1S/C11H12NO2/c13-11(9-4-2-1-3-5-9)10-8-12-6-7-14-10/h1-5,12H,6-8H2. The molecule has 1 aromatic carbocycles. The van der Waals surface area contributed by atoms with Crippen LogP contribution >= 0.6 is 0 Å². The maximum atomic E-state index is 11.8. The Morgan fingerprint density at radius 3 is 2.71 bits per heavy atom. The largest absolute Gasteiger partial charge is 0.360 e. The van der Waals surface area contributed by atoms with E-state index in [1.165, 1.54) is 0 Å². The fourth-order valence-corrected chi connectivity index (χ4v) is 1.40. The molecule has 1 radical (unpaired) electrons. The Labute approximate surface area is 83.1 Å². The number of carbonyl (C=O) groups is 1. The average molecular weight is 190 g/mol. The molecule has 1 heterocycles. The first kappa shape index (κ1) is 9.37. The van der Waals surface area contributed by atoms with Crippen molar-refractivity contribution in [2.45, 2.75) is 0 Å². The lowest BCUT2D eigenvalue weighted by Gasteiger charge is -2.21. The molecule has 1 aromatic rings. The van der Waals surface area contributed by atoms with Crippen LogP contribution in [0.15, 0.2) is 30.3 Å². The second-order valence-corrected chi connectivity index (χ2v) is 3.14. The molecular weight excluding hydrogens is 178 g/mol. The molecule has 0 aliphatic carbocycles. The Bertz CT molecular complexity index is 304. The lowest BCUT2D eigenvalue weighted by molar-refractivity contribution is 0.0691. The Balaban J connectivity index is 2.07. The molecule has 1 saturated heterocycles. The molecule has 0 unspecified atom stereocenters. The number of hydrogen-bond acceptors (Lipinski definition) is 3. The highest BCUT2D eigenvalue weighted by molar-refractivity contribution is 6.05. The fourth-order valence-electron chi connectivity index (χ4n) is 1.40. The molecular formula is C11H12NO2. The van der Waals surface area contributed by atoms with Gasteiger partial charge in [-0.1, -0.05) is 30.3 Å². The summed E-state index contributed by atoms with van der Waals surface area (Å²) >= 11 is 0. The predicted molar refractivity (Wildman–Crippen MR) is 52.8 cm³/mol. The van der Waals surface area contributed by atoms with Crippen LogP contribution in [0, 0.1) is 6.10 Å². The van der Waals surface area contributed by atoms with Gasteiger partial charge in [0.05, 0.1) is 6.61 Å². The second-order valence-electron chi connectivity index (χ2n) is 3.14. The summed E-state index contributed by atoms with van der Waals surface area (Å²) in [5, 5.41) is 3.10. The summed E-state index contributed by atoms with van der Waals surface area (Å²) in [5.41, 5.74) is 0.686. The molecule has 3 nitrogen and oxygen atoms in total. The molecule has 0 amide bonds. The molecule has 0 aromatic heterocycles. The maximum absolute atomic E-state index is 11.8. The van der Waals surface area contributed by atoms with E-state index < -0.39 is 0 Å². The Morgan fingerprint density at radius 1 is 1.29 bits per heavy atom. The average Bonchev–Trinajstić information content (AvgIpc) is 2.30. The van der Waals surface area contributed by atoms with Crippen LogP contribution in [0.1, 0.15) is 10.4 Å². The molecule has 1 aliphatic heterocycles. The molecule has 0 spiro atoms. The first-order valence-corrected chi connectivity index (χ1v) is 4.67. The van der Waals surface area contributed by atoms with Gasteiger partial charge in [-0.25, -0.2) is 0 Å². The van der Waals surface area contributed by atoms with Gasteiger partial charge in [0, 0.05) is 18.7 Å². The number of carbonyl (C=O) groups excluding carboxylic acids is 1. The molecule has 0 saturated carbocycles. The highest BCUT2D eigenvalue weighted by atomic mass is 16.5. The maximum Gasteiger partial charge on any atom is 0.199 e. The van der Waals surface area contributed by atoms with Crippen LogP contribution in [-0.4, -0.2) is 25.5 Å². The highest BCUT2D eigenvalue weighted by Crippen LogP contribution is 2.13. The number of ketones is 1. The van der Waals surface area contributed by atoms with Crippen molar-refractivity contribution in [1.82, 2.24) is 5.32 Å². The van der Waals surface area contributed by atoms with Crippen molar-refractivity contribution in [3.8, 4) is 0 Å². The smallest absolute Gasteiger partial charge is 0.199 e. The molecule has 0 bridgehead atoms. The van der Waals surface area contributed by atoms with Gasteiger partial charge in [-0.05, 0) is 0 Å². The summed E-state index contributed by atoms with van der Waals surface area (Å²) < 4.78 is 5.30. The minimum Gasteiger partial charge on any atom is -0.360 e. The quantitative estimate of drug-likeness (QED) is 0.708. The third kappa shape index (κ3) is 2.00. The minimum atomic E-state index is -0.0159. The topological polar surface area (TPSA) is 38.3 Å². The number of benzene rings is 1. The molecule has 1 N–H and O–H groups in total. The van der Waals surface area contributed by atoms with Crippen LogP contribution < -0.4 is 5.32 Å². The van der Waals surface area contributed by atoms with Crippen molar-refractivity contribution in [2.75, 3.05) is 19.7 Å². The van der Waals surface area contributed by atoms with Gasteiger partial charge in [0.2, 0.25) is 0 Å². The zero-order chi connectivity index (χ0) is 9.80. The van der Waals surface area contributed by atoms with Crippen molar-refractivity contribution < 1.29 is 9.53 Å². The normalized spacial score (nSPS) is 18.0. The van der Waals surface area contributed by atoms with Gasteiger partial charge in [0.25, 0.3) is 0 Å². The number of morpholine rings is 1. The van der Waals surface area contributed by atoms with E-state index in [0.717, 1.165) is 6.54 Å². The van der Waals surface area contributed by atoms with E-state index in [4.69, 9.17) is 4.74 Å². The number of rotatable bonds is 2. The van der Waals surface area contributed by atoms with Gasteiger partial charge in [-0.15, -0.1) is 0 Å². The van der Waals surface area contributed by atoms with Crippen molar-refractivity contribution >= 4 is 5.78 Å². The summed E-state index contributed by atoms with van der Waals surface area (Å²) in [5.74, 6) is -0.0159. The molecule has 3 heteroatoms. The SMILES string of the molecule is O=C([C]1CNCCO1)c1ccccc1. The summed E-state index contributed by atoms with van der Waals surface area (Å²) in [6.07, 6.45) is 0.516. The molecule has 1 fully saturated rings. The number of ether oxygens (including phenoxy) is 1. The van der Waals surface area contributed by atoms with Crippen LogP contribution in [0.25, 0.3) is 0 Å². The summed E-state index contributed by atoms with van der Waals surface area (Å²) in [6, 6.07) is 9.19. The van der Waals surface area contributed by atoms with Crippen molar-refractivity contribution in [2.24, 2.45) is 0 Å². The van der Waals surface area contributed by atoms with Crippen LogP contribution in [0.3, 0.4) is 0 Å². The first-order valence-electron chi connectivity index (χ1n) is 4.67. The lowest BCUT2D eigenvalue weighted by Crippen LogP contribution is -2.37. The minimum absolute atomic E-state index is 0.0159. The van der Waals surface area contributed by atoms with Crippen molar-refractivity contribution in [1.29, 1.82) is 0 Å². The van der Waals surface area contributed by atoms with Gasteiger partial charge >= 0.3 is 0 Å². The first-order chi connectivity index (χ1) is 6.88. The zero-order valence-electron chi connectivity index (χ0n) is 7.82. The van der Waals surface area contributed by atoms with Gasteiger partial charge in [0.15, 0.2) is 11.9 Å². The van der Waals surface area contributed by atoms with Crippen LogP contribution in [0.5, 0.6) is 0 Å². The summed E-state index contributed by atoms with van der Waals surface area (Å²) in [7, 11) is 0. The Hall–Kier alpha value is -1.19. The van der Waals surface area contributed by atoms with Crippen molar-refractivity contribution in [3.63, 3.8) is 0 Å². The Kier molecular flexibility index (Phi) is 2.91. The number of Topliss-reactive ketones (excluding diaryl/α,β-unsaturated/α-hetero) is 1. The van der Waals surface area contributed by atoms with Gasteiger partial charge in [-0.3, -0.25) is 4.79 Å². The Morgan fingerprint density at radius 2 is 2.07 bits per heavy atom. The van der Waals surface area contributed by atoms with Crippen LogP contribution in [-0.2, 0) is 4.74 Å². The molecule has 1 aliphatic rings. The van der Waals surface area contributed by atoms with Gasteiger partial charge < -0.3 is 10.1 Å². The number of nitrogens with one attached hydrogen (secondary N) is 1. The monoisotopic (exact) mass is 190 g/mol. The lowest BCUT2D eigenvalue weighted by atomic mass is 10.1. The van der Waals surface area contributed by atoms with Crippen LogP contribution in [0.4, 0.5) is 0 Å². The highest BCUT2D eigenvalue weighted by Gasteiger charge is 2.23. The third-order valence-corrected chi connectivity index (χ3v) is 2.13. The van der Waals surface area contributed by atoms with Gasteiger partial charge in [-0.2, -0.15) is 0 Å². The molecule has 2 rings (SSSR count). The van der Waals surface area contributed by atoms with E-state index in [-0.39, 0.29) is 5.78 Å². The van der Waals surface area contributed by atoms with E-state index in [9.17, 15) is 4.79 Å². The van der Waals surface area contributed by atoms with Gasteiger partial charge in [0.1, 0.15) is 0 Å². The summed E-state index contributed by atoms with van der Waals surface area (Å²) in [4.78, 5) is 11.8. The molecule has 0 atom stereocenters. The van der Waals surface area contributed by atoms with E-state index in [1.54, 1.807) is 12.1 Å². The van der Waals surface area contributed by atoms with E-state index in [2.05, 4.69) is 5.32 Å². The van der Waals surface area contributed by atoms with E-state index in [0.29, 0.717) is 24.8 Å². The molecule has 73 valence electrons. The molecule has 14 heavy (non-hydrogen) atoms. The van der Waals surface area contributed by atoms with Crippen LogP contribution in [0.2, 0.25) is 0 Å². The van der Waals surface area contributed by atoms with Crippen molar-refractivity contribution in [3.05, 3.63) is 42.0 Å². The summed E-state index contributed by atoms with van der Waals surface area (Å²) in [6.45, 7) is 1.92. The van der Waals surface area contributed by atoms with E-state index >= 15 is 0 Å². The third-order valence-electron chi connectivity index (χ3n) is 2.13.